The second-order valence-electron chi connectivity index (χ2n) is 8.54. The van der Waals surface area contributed by atoms with E-state index in [1.54, 1.807) is 16.7 Å². The summed E-state index contributed by atoms with van der Waals surface area (Å²) < 4.78 is 47.6. The highest BCUT2D eigenvalue weighted by Crippen LogP contribution is 2.49. The number of aromatic nitrogens is 4. The normalized spacial score (nSPS) is 12.6. The molecule has 15 heteroatoms. The fourth-order valence-corrected chi connectivity index (χ4v) is 4.95. The van der Waals surface area contributed by atoms with Crippen LogP contribution in [0.5, 0.6) is 17.2 Å². The van der Waals surface area contributed by atoms with Gasteiger partial charge in [0.25, 0.3) is 5.56 Å². The highest BCUT2D eigenvalue weighted by molar-refractivity contribution is 7.53. The average Bonchev–Trinajstić information content (AvgIpc) is 3.37. The number of benzene rings is 2. The number of nitrogens with one attached hydrogen (secondary N) is 1. The molecule has 0 saturated heterocycles. The zero-order valence-corrected chi connectivity index (χ0v) is 23.4. The van der Waals surface area contributed by atoms with Crippen molar-refractivity contribution in [1.82, 2.24) is 19.5 Å². The number of hydrogen-bond acceptors (Lipinski definition) is 12. The SMILES string of the molecule is COc1ccc(OC(=O)CCOP(=O)(COCCn2cnc3c(=O)[nH]c(N)nc32)OCc2ccccc2)cc1OC. The third-order valence-corrected chi connectivity index (χ3v) is 7.27. The number of methoxy groups -OCH3 is 2. The van der Waals surface area contributed by atoms with Gasteiger partial charge in [0.2, 0.25) is 5.95 Å². The predicted molar refractivity (Wildman–Crippen MR) is 148 cm³/mol. The summed E-state index contributed by atoms with van der Waals surface area (Å²) in [5.74, 6) is 0.496. The van der Waals surface area contributed by atoms with Crippen LogP contribution in [-0.4, -0.2) is 59.3 Å². The molecule has 1 unspecified atom stereocenters. The van der Waals surface area contributed by atoms with Gasteiger partial charge in [0.05, 0.1) is 46.8 Å². The van der Waals surface area contributed by atoms with Gasteiger partial charge in [-0.1, -0.05) is 30.3 Å². The first-order valence-corrected chi connectivity index (χ1v) is 14.2. The number of carbonyl (C=O) groups is 1. The van der Waals surface area contributed by atoms with Gasteiger partial charge >= 0.3 is 13.6 Å². The minimum atomic E-state index is -3.80. The van der Waals surface area contributed by atoms with Crippen molar-refractivity contribution in [2.45, 2.75) is 19.6 Å². The van der Waals surface area contributed by atoms with Crippen LogP contribution in [0.15, 0.2) is 59.7 Å². The number of esters is 1. The van der Waals surface area contributed by atoms with Crippen LogP contribution in [0.1, 0.15) is 12.0 Å². The van der Waals surface area contributed by atoms with Gasteiger partial charge in [-0.25, -0.2) is 4.98 Å². The third kappa shape index (κ3) is 8.14. The molecule has 0 spiro atoms. The molecule has 0 bridgehead atoms. The number of imidazole rings is 1. The van der Waals surface area contributed by atoms with E-state index in [0.717, 1.165) is 5.56 Å². The van der Waals surface area contributed by atoms with Crippen molar-refractivity contribution in [3.05, 3.63) is 70.8 Å². The molecule has 14 nitrogen and oxygen atoms in total. The Morgan fingerprint density at radius 2 is 1.83 bits per heavy atom. The molecule has 4 rings (SSSR count). The largest absolute Gasteiger partial charge is 0.493 e. The van der Waals surface area contributed by atoms with Crippen LogP contribution in [0.25, 0.3) is 11.2 Å². The van der Waals surface area contributed by atoms with Crippen LogP contribution in [0.4, 0.5) is 5.95 Å². The van der Waals surface area contributed by atoms with Crippen LogP contribution < -0.4 is 25.5 Å². The summed E-state index contributed by atoms with van der Waals surface area (Å²) >= 11 is 0. The number of nitrogen functional groups attached to an aromatic ring is 1. The van der Waals surface area contributed by atoms with Gasteiger partial charge in [0, 0.05) is 12.6 Å². The van der Waals surface area contributed by atoms with Crippen molar-refractivity contribution < 1.29 is 37.4 Å². The molecular formula is C26H30N5O9P. The molecule has 4 aromatic rings. The number of fused-ring (bicyclic) bond motifs is 1. The molecule has 0 saturated carbocycles. The minimum Gasteiger partial charge on any atom is -0.493 e. The lowest BCUT2D eigenvalue weighted by Crippen LogP contribution is -2.14. The van der Waals surface area contributed by atoms with E-state index >= 15 is 0 Å². The van der Waals surface area contributed by atoms with E-state index in [4.69, 9.17) is 33.7 Å². The van der Waals surface area contributed by atoms with Crippen molar-refractivity contribution in [2.24, 2.45) is 0 Å². The number of hydrogen-bond donors (Lipinski definition) is 2. The number of nitrogens with zero attached hydrogens (tertiary/aromatic N) is 3. The Morgan fingerprint density at radius 1 is 1.05 bits per heavy atom. The van der Waals surface area contributed by atoms with Crippen LogP contribution in [0, 0.1) is 0 Å². The average molecular weight is 588 g/mol. The number of anilines is 1. The molecule has 1 atom stereocenters. The standard InChI is InChI=1S/C26H30N5O9P/c1-35-20-9-8-19(14-21(20)36-2)40-22(32)10-12-38-41(34,39-15-18-6-4-3-5-7-18)17-37-13-11-31-16-28-23-24(31)29-26(27)30-25(23)33/h3-9,14,16H,10-13,15,17H2,1-2H3,(H3,27,29,30,33). The molecule has 0 amide bonds. The number of nitrogens with two attached hydrogens (primary N) is 1. The van der Waals surface area contributed by atoms with Crippen molar-refractivity contribution in [1.29, 1.82) is 0 Å². The zero-order chi connectivity index (χ0) is 29.2. The van der Waals surface area contributed by atoms with Crippen molar-refractivity contribution in [2.75, 3.05) is 39.5 Å². The third-order valence-electron chi connectivity index (χ3n) is 5.67. The van der Waals surface area contributed by atoms with E-state index in [0.29, 0.717) is 17.1 Å². The maximum atomic E-state index is 13.5. The summed E-state index contributed by atoms with van der Waals surface area (Å²) in [6, 6.07) is 13.8. The molecule has 0 aliphatic rings. The van der Waals surface area contributed by atoms with Gasteiger partial charge in [-0.15, -0.1) is 0 Å². The van der Waals surface area contributed by atoms with Crippen LogP contribution >= 0.6 is 7.60 Å². The van der Waals surface area contributed by atoms with Gasteiger partial charge in [0.15, 0.2) is 22.7 Å². The number of rotatable bonds is 15. The number of aromatic amines is 1. The number of ether oxygens (including phenoxy) is 4. The molecule has 41 heavy (non-hydrogen) atoms. The number of carbonyl (C=O) groups excluding carboxylic acids is 1. The molecule has 0 aliphatic heterocycles. The van der Waals surface area contributed by atoms with Gasteiger partial charge < -0.3 is 38.3 Å². The molecule has 0 fully saturated rings. The van der Waals surface area contributed by atoms with E-state index < -0.39 is 19.1 Å². The molecule has 218 valence electrons. The number of H-pyrrole nitrogens is 1. The highest BCUT2D eigenvalue weighted by Gasteiger charge is 2.26. The first-order chi connectivity index (χ1) is 19.8. The van der Waals surface area contributed by atoms with E-state index in [2.05, 4.69) is 15.0 Å². The first kappa shape index (κ1) is 29.7. The monoisotopic (exact) mass is 587 g/mol. The second kappa shape index (κ2) is 13.9. The fraction of sp³-hybridized carbons (Fsp3) is 0.308. The lowest BCUT2D eigenvalue weighted by Gasteiger charge is -2.19. The van der Waals surface area contributed by atoms with E-state index in [-0.39, 0.29) is 56.3 Å². The van der Waals surface area contributed by atoms with Gasteiger partial charge in [-0.05, 0) is 17.7 Å². The molecule has 3 N–H and O–H groups in total. The van der Waals surface area contributed by atoms with Gasteiger partial charge in [-0.2, -0.15) is 4.98 Å². The maximum Gasteiger partial charge on any atom is 0.356 e. The Hall–Kier alpha value is -4.23. The molecule has 2 heterocycles. The lowest BCUT2D eigenvalue weighted by molar-refractivity contribution is -0.134. The van der Waals surface area contributed by atoms with Crippen LogP contribution in [0.2, 0.25) is 0 Å². The zero-order valence-electron chi connectivity index (χ0n) is 22.5. The van der Waals surface area contributed by atoms with Crippen molar-refractivity contribution in [3.63, 3.8) is 0 Å². The summed E-state index contributed by atoms with van der Waals surface area (Å²) in [5.41, 5.74) is 6.39. The summed E-state index contributed by atoms with van der Waals surface area (Å²) in [5, 5.41) is 0. The molecular weight excluding hydrogens is 557 g/mol. The molecule has 2 aromatic heterocycles. The summed E-state index contributed by atoms with van der Waals surface area (Å²) in [6.45, 7) is 0.0847. The quantitative estimate of drug-likeness (QED) is 0.0900. The molecule has 0 aliphatic carbocycles. The Kier molecular flexibility index (Phi) is 10.1. The predicted octanol–water partition coefficient (Wildman–Crippen LogP) is 3.12. The van der Waals surface area contributed by atoms with E-state index in [9.17, 15) is 14.2 Å². The van der Waals surface area contributed by atoms with Crippen LogP contribution in [-0.2, 0) is 36.3 Å². The summed E-state index contributed by atoms with van der Waals surface area (Å²) in [4.78, 5) is 34.9. The van der Waals surface area contributed by atoms with Gasteiger partial charge in [0.1, 0.15) is 12.1 Å². The minimum absolute atomic E-state index is 0.00962. The van der Waals surface area contributed by atoms with Gasteiger partial charge in [-0.3, -0.25) is 19.1 Å². The first-order valence-electron chi connectivity index (χ1n) is 12.4. The maximum absolute atomic E-state index is 13.5. The van der Waals surface area contributed by atoms with Crippen molar-refractivity contribution in [3.8, 4) is 17.2 Å². The Balaban J connectivity index is 1.33. The Bertz CT molecular complexity index is 1570. The summed E-state index contributed by atoms with van der Waals surface area (Å²) in [6.07, 6.45) is 0.852. The molecule has 2 aromatic carbocycles. The van der Waals surface area contributed by atoms with Crippen molar-refractivity contribution >= 4 is 30.7 Å². The van der Waals surface area contributed by atoms with E-state index in [1.165, 1.54) is 26.6 Å². The van der Waals surface area contributed by atoms with Crippen LogP contribution in [0.3, 0.4) is 0 Å². The smallest absolute Gasteiger partial charge is 0.356 e. The Labute approximate surface area is 234 Å². The fourth-order valence-electron chi connectivity index (χ4n) is 3.66. The highest BCUT2D eigenvalue weighted by atomic mass is 31.2. The lowest BCUT2D eigenvalue weighted by atomic mass is 10.2. The Morgan fingerprint density at radius 3 is 2.59 bits per heavy atom. The topological polar surface area (TPSA) is 179 Å². The second-order valence-corrected chi connectivity index (χ2v) is 10.5. The van der Waals surface area contributed by atoms with E-state index in [1.807, 2.05) is 30.3 Å². The summed E-state index contributed by atoms with van der Waals surface area (Å²) in [7, 11) is -0.831. The molecule has 0 radical (unpaired) electrons.